The number of benzene rings is 2. The Hall–Kier alpha value is -3.13. The lowest BCUT2D eigenvalue weighted by atomic mass is 10.0. The molecule has 1 heterocycles. The maximum Gasteiger partial charge on any atom is 0.349 e. The predicted molar refractivity (Wildman–Crippen MR) is 115 cm³/mol. The average molecular weight is 474 g/mol. The number of carbonyl (C=O) groups excluding carboxylic acids is 2. The summed E-state index contributed by atoms with van der Waals surface area (Å²) in [6, 6.07) is 12.8. The van der Waals surface area contributed by atoms with Gasteiger partial charge in [0.05, 0.1) is 26.2 Å². The largest absolute Gasteiger partial charge is 0.497 e. The minimum absolute atomic E-state index is 0.0869. The number of amides is 1. The Morgan fingerprint density at radius 3 is 2.53 bits per heavy atom. The highest BCUT2D eigenvalue weighted by Crippen LogP contribution is 2.23. The van der Waals surface area contributed by atoms with Crippen LogP contribution in [0.1, 0.15) is 35.3 Å². The van der Waals surface area contributed by atoms with E-state index in [1.165, 1.54) is 6.07 Å². The van der Waals surface area contributed by atoms with E-state index >= 15 is 0 Å². The van der Waals surface area contributed by atoms with Crippen molar-refractivity contribution in [2.45, 2.75) is 19.4 Å². The zero-order valence-corrected chi connectivity index (χ0v) is 18.0. The minimum atomic E-state index is -0.757. The van der Waals surface area contributed by atoms with Crippen LogP contribution < -0.4 is 15.7 Å². The third-order valence-electron chi connectivity index (χ3n) is 4.44. The molecule has 156 valence electrons. The number of hydrogen-bond donors (Lipinski definition) is 1. The van der Waals surface area contributed by atoms with E-state index in [0.717, 1.165) is 4.47 Å². The second-order valence-corrected chi connectivity index (χ2v) is 7.35. The first-order chi connectivity index (χ1) is 14.4. The number of halogens is 1. The van der Waals surface area contributed by atoms with Gasteiger partial charge in [0.1, 0.15) is 16.9 Å². The van der Waals surface area contributed by atoms with Gasteiger partial charge in [-0.3, -0.25) is 9.59 Å². The quantitative estimate of drug-likeness (QED) is 0.411. The van der Waals surface area contributed by atoms with Crippen LogP contribution in [0.2, 0.25) is 0 Å². The summed E-state index contributed by atoms with van der Waals surface area (Å²) in [7, 11) is 1.55. The average Bonchev–Trinajstić information content (AvgIpc) is 2.73. The number of rotatable bonds is 7. The standard InChI is InChI=1S/C22H20BrNO6/c1-3-29-20(25)12-18(13-4-7-16(28-2)8-5-13)24-21(26)17-11-14-10-15(23)6-9-19(14)30-22(17)27/h4-11,18H,3,12H2,1-2H3,(H,24,26). The monoisotopic (exact) mass is 473 g/mol. The van der Waals surface area contributed by atoms with Crippen LogP contribution in [0.3, 0.4) is 0 Å². The minimum Gasteiger partial charge on any atom is -0.497 e. The van der Waals surface area contributed by atoms with Gasteiger partial charge in [0.25, 0.3) is 5.91 Å². The fourth-order valence-electron chi connectivity index (χ4n) is 2.96. The van der Waals surface area contributed by atoms with E-state index in [1.54, 1.807) is 56.5 Å². The second kappa shape index (κ2) is 9.58. The van der Waals surface area contributed by atoms with Crippen molar-refractivity contribution in [3.05, 3.63) is 74.6 Å². The van der Waals surface area contributed by atoms with Crippen LogP contribution in [-0.4, -0.2) is 25.6 Å². The lowest BCUT2D eigenvalue weighted by Gasteiger charge is -2.19. The molecule has 0 radical (unpaired) electrons. The number of fused-ring (bicyclic) bond motifs is 1. The highest BCUT2D eigenvalue weighted by Gasteiger charge is 2.22. The molecule has 30 heavy (non-hydrogen) atoms. The van der Waals surface area contributed by atoms with Crippen molar-refractivity contribution in [1.29, 1.82) is 0 Å². The molecule has 7 nitrogen and oxygen atoms in total. The zero-order valence-electron chi connectivity index (χ0n) is 16.4. The fraction of sp³-hybridized carbons (Fsp3) is 0.227. The number of nitrogens with one attached hydrogen (secondary N) is 1. The number of methoxy groups -OCH3 is 1. The summed E-state index contributed by atoms with van der Waals surface area (Å²) in [6.45, 7) is 1.93. The molecule has 0 aliphatic rings. The summed E-state index contributed by atoms with van der Waals surface area (Å²) >= 11 is 3.35. The molecule has 0 aliphatic carbocycles. The van der Waals surface area contributed by atoms with E-state index < -0.39 is 23.5 Å². The Kier molecular flexibility index (Phi) is 6.89. The molecule has 1 unspecified atom stereocenters. The third-order valence-corrected chi connectivity index (χ3v) is 4.93. The summed E-state index contributed by atoms with van der Waals surface area (Å²) in [6.07, 6.45) is -0.0869. The lowest BCUT2D eigenvalue weighted by molar-refractivity contribution is -0.143. The summed E-state index contributed by atoms with van der Waals surface area (Å²) in [5.41, 5.74) is 0.137. The maximum absolute atomic E-state index is 12.9. The molecule has 1 amide bonds. The molecule has 2 aromatic carbocycles. The van der Waals surface area contributed by atoms with Gasteiger partial charge in [0.2, 0.25) is 0 Å². The Labute approximate surface area is 181 Å². The van der Waals surface area contributed by atoms with E-state index in [1.807, 2.05) is 0 Å². The van der Waals surface area contributed by atoms with Gasteiger partial charge in [-0.1, -0.05) is 28.1 Å². The fourth-order valence-corrected chi connectivity index (χ4v) is 3.34. The van der Waals surface area contributed by atoms with Gasteiger partial charge < -0.3 is 19.2 Å². The molecule has 0 bridgehead atoms. The molecule has 8 heteroatoms. The van der Waals surface area contributed by atoms with Crippen LogP contribution in [-0.2, 0) is 9.53 Å². The molecular formula is C22H20BrNO6. The Morgan fingerprint density at radius 2 is 1.87 bits per heavy atom. The highest BCUT2D eigenvalue weighted by atomic mass is 79.9. The predicted octanol–water partition coefficient (Wildman–Crippen LogP) is 3.99. The first-order valence-corrected chi connectivity index (χ1v) is 10.0. The number of esters is 1. The molecule has 0 fully saturated rings. The van der Waals surface area contributed by atoms with Crippen LogP contribution in [0, 0.1) is 0 Å². The van der Waals surface area contributed by atoms with E-state index in [4.69, 9.17) is 13.9 Å². The number of hydrogen-bond acceptors (Lipinski definition) is 6. The Morgan fingerprint density at radius 1 is 1.13 bits per heavy atom. The van der Waals surface area contributed by atoms with Crippen molar-refractivity contribution < 1.29 is 23.5 Å². The molecule has 0 saturated heterocycles. The molecule has 3 rings (SSSR count). The molecule has 1 aromatic heterocycles. The molecule has 0 saturated carbocycles. The SMILES string of the molecule is CCOC(=O)CC(NC(=O)c1cc2cc(Br)ccc2oc1=O)c1ccc(OC)cc1. The summed E-state index contributed by atoms with van der Waals surface area (Å²) in [5, 5.41) is 3.34. The van der Waals surface area contributed by atoms with Gasteiger partial charge in [-0.15, -0.1) is 0 Å². The summed E-state index contributed by atoms with van der Waals surface area (Å²) in [5.74, 6) is -0.468. The van der Waals surface area contributed by atoms with Crippen molar-refractivity contribution in [1.82, 2.24) is 5.32 Å². The van der Waals surface area contributed by atoms with E-state index in [-0.39, 0.29) is 18.6 Å². The highest BCUT2D eigenvalue weighted by molar-refractivity contribution is 9.10. The Bertz CT molecular complexity index is 1120. The van der Waals surface area contributed by atoms with Crippen LogP contribution >= 0.6 is 15.9 Å². The lowest BCUT2D eigenvalue weighted by Crippen LogP contribution is -2.33. The third kappa shape index (κ3) is 5.07. The van der Waals surface area contributed by atoms with E-state index in [9.17, 15) is 14.4 Å². The zero-order chi connectivity index (χ0) is 21.7. The summed E-state index contributed by atoms with van der Waals surface area (Å²) < 4.78 is 16.2. The molecular weight excluding hydrogens is 454 g/mol. The van der Waals surface area contributed by atoms with Crippen molar-refractivity contribution in [3.8, 4) is 5.75 Å². The van der Waals surface area contributed by atoms with Crippen molar-refractivity contribution in [2.24, 2.45) is 0 Å². The maximum atomic E-state index is 12.9. The van der Waals surface area contributed by atoms with Gasteiger partial charge in [-0.25, -0.2) is 4.79 Å². The number of ether oxygens (including phenoxy) is 2. The van der Waals surface area contributed by atoms with Gasteiger partial charge in [-0.2, -0.15) is 0 Å². The van der Waals surface area contributed by atoms with Crippen molar-refractivity contribution >= 4 is 38.8 Å². The van der Waals surface area contributed by atoms with Crippen molar-refractivity contribution in [3.63, 3.8) is 0 Å². The smallest absolute Gasteiger partial charge is 0.349 e. The normalized spacial score (nSPS) is 11.7. The van der Waals surface area contributed by atoms with E-state index in [2.05, 4.69) is 21.2 Å². The van der Waals surface area contributed by atoms with Crippen LogP contribution in [0.5, 0.6) is 5.75 Å². The summed E-state index contributed by atoms with van der Waals surface area (Å²) in [4.78, 5) is 37.3. The first kappa shape index (κ1) is 21.6. The second-order valence-electron chi connectivity index (χ2n) is 6.44. The van der Waals surface area contributed by atoms with Crippen molar-refractivity contribution in [2.75, 3.05) is 13.7 Å². The molecule has 1 atom stereocenters. The van der Waals surface area contributed by atoms with Crippen LogP contribution in [0.15, 0.2) is 62.2 Å². The first-order valence-electron chi connectivity index (χ1n) is 9.25. The topological polar surface area (TPSA) is 94.8 Å². The van der Waals surface area contributed by atoms with Gasteiger partial charge >= 0.3 is 11.6 Å². The molecule has 0 aliphatic heterocycles. The van der Waals surface area contributed by atoms with Crippen LogP contribution in [0.25, 0.3) is 11.0 Å². The molecule has 0 spiro atoms. The van der Waals surface area contributed by atoms with Gasteiger partial charge in [0.15, 0.2) is 0 Å². The molecule has 3 aromatic rings. The van der Waals surface area contributed by atoms with Crippen LogP contribution in [0.4, 0.5) is 0 Å². The van der Waals surface area contributed by atoms with E-state index in [0.29, 0.717) is 22.3 Å². The van der Waals surface area contributed by atoms with Gasteiger partial charge in [-0.05, 0) is 48.9 Å². The number of carbonyl (C=O) groups is 2. The molecule has 1 N–H and O–H groups in total. The Balaban J connectivity index is 1.91. The van der Waals surface area contributed by atoms with Gasteiger partial charge in [0, 0.05) is 9.86 Å².